The minimum Gasteiger partial charge on any atom is -0.389 e. The Balaban J connectivity index is 2.04. The number of fused-ring (bicyclic) bond motifs is 2. The average Bonchev–Trinajstić information content (AvgIpc) is 2.64. The zero-order valence-corrected chi connectivity index (χ0v) is 8.40. The zero-order chi connectivity index (χ0) is 9.42. The summed E-state index contributed by atoms with van der Waals surface area (Å²) in [6.07, 6.45) is 9.35. The van der Waals surface area contributed by atoms with Gasteiger partial charge in [0.25, 0.3) is 0 Å². The van der Waals surface area contributed by atoms with E-state index in [1.54, 1.807) is 0 Å². The van der Waals surface area contributed by atoms with Crippen LogP contribution in [0.4, 0.5) is 0 Å². The SMILES string of the molecule is C/C(=C\C1CC2C=CC1C2)C(C)O. The number of rotatable bonds is 2. The Morgan fingerprint density at radius 1 is 1.46 bits per heavy atom. The second kappa shape index (κ2) is 3.30. The summed E-state index contributed by atoms with van der Waals surface area (Å²) in [5.41, 5.74) is 1.13. The molecule has 4 unspecified atom stereocenters. The predicted octanol–water partition coefficient (Wildman–Crippen LogP) is 2.53. The van der Waals surface area contributed by atoms with Crippen molar-refractivity contribution >= 4 is 0 Å². The van der Waals surface area contributed by atoms with Crippen LogP contribution < -0.4 is 0 Å². The van der Waals surface area contributed by atoms with Crippen LogP contribution in [0, 0.1) is 17.8 Å². The first-order valence-corrected chi connectivity index (χ1v) is 5.21. The van der Waals surface area contributed by atoms with Crippen molar-refractivity contribution in [3.63, 3.8) is 0 Å². The molecule has 2 aliphatic carbocycles. The Kier molecular flexibility index (Phi) is 2.29. The van der Waals surface area contributed by atoms with Gasteiger partial charge in [-0.1, -0.05) is 18.2 Å². The van der Waals surface area contributed by atoms with Crippen LogP contribution in [0.2, 0.25) is 0 Å². The van der Waals surface area contributed by atoms with Crippen LogP contribution in [0.15, 0.2) is 23.8 Å². The van der Waals surface area contributed by atoms with E-state index >= 15 is 0 Å². The van der Waals surface area contributed by atoms with Crippen LogP contribution in [-0.4, -0.2) is 11.2 Å². The van der Waals surface area contributed by atoms with Crippen molar-refractivity contribution in [3.05, 3.63) is 23.8 Å². The van der Waals surface area contributed by atoms with Crippen LogP contribution in [0.5, 0.6) is 0 Å². The summed E-state index contributed by atoms with van der Waals surface area (Å²) in [5.74, 6) is 2.29. The molecule has 4 atom stereocenters. The van der Waals surface area contributed by atoms with Gasteiger partial charge in [-0.05, 0) is 50.0 Å². The van der Waals surface area contributed by atoms with Crippen molar-refractivity contribution < 1.29 is 5.11 Å². The molecule has 0 spiro atoms. The first-order valence-electron chi connectivity index (χ1n) is 5.21. The van der Waals surface area contributed by atoms with Crippen molar-refractivity contribution in [2.45, 2.75) is 32.8 Å². The maximum atomic E-state index is 9.37. The van der Waals surface area contributed by atoms with Crippen molar-refractivity contribution in [1.82, 2.24) is 0 Å². The van der Waals surface area contributed by atoms with Gasteiger partial charge in [0, 0.05) is 0 Å². The maximum absolute atomic E-state index is 9.37. The lowest BCUT2D eigenvalue weighted by Gasteiger charge is -2.15. The summed E-state index contributed by atoms with van der Waals surface area (Å²) >= 11 is 0. The lowest BCUT2D eigenvalue weighted by Crippen LogP contribution is -2.08. The molecular formula is C12H18O. The highest BCUT2D eigenvalue weighted by atomic mass is 16.3. The third-order valence-corrected chi connectivity index (χ3v) is 3.47. The molecule has 2 aliphatic rings. The van der Waals surface area contributed by atoms with Gasteiger partial charge in [-0.2, -0.15) is 0 Å². The summed E-state index contributed by atoms with van der Waals surface area (Å²) in [6.45, 7) is 3.87. The minimum atomic E-state index is -0.275. The van der Waals surface area contributed by atoms with E-state index in [-0.39, 0.29) is 6.10 Å². The molecule has 0 aliphatic heterocycles. The molecule has 1 saturated carbocycles. The van der Waals surface area contributed by atoms with Crippen molar-refractivity contribution in [2.75, 3.05) is 0 Å². The Bertz CT molecular complexity index is 250. The Morgan fingerprint density at radius 2 is 2.23 bits per heavy atom. The highest BCUT2D eigenvalue weighted by Crippen LogP contribution is 2.44. The number of hydrogen-bond acceptors (Lipinski definition) is 1. The molecule has 1 N–H and O–H groups in total. The van der Waals surface area contributed by atoms with E-state index in [0.717, 1.165) is 17.4 Å². The summed E-state index contributed by atoms with van der Waals surface area (Å²) in [6, 6.07) is 0. The first-order chi connectivity index (χ1) is 6.16. The predicted molar refractivity (Wildman–Crippen MR) is 54.3 cm³/mol. The summed E-state index contributed by atoms with van der Waals surface area (Å²) < 4.78 is 0. The van der Waals surface area contributed by atoms with Crippen LogP contribution in [0.25, 0.3) is 0 Å². The Hall–Kier alpha value is -0.560. The number of hydrogen-bond donors (Lipinski definition) is 1. The molecular weight excluding hydrogens is 160 g/mol. The quantitative estimate of drug-likeness (QED) is 0.644. The van der Waals surface area contributed by atoms with Crippen LogP contribution in [0.3, 0.4) is 0 Å². The molecule has 0 saturated heterocycles. The highest BCUT2D eigenvalue weighted by molar-refractivity contribution is 5.17. The Labute approximate surface area is 80.2 Å². The van der Waals surface area contributed by atoms with Gasteiger partial charge in [-0.25, -0.2) is 0 Å². The van der Waals surface area contributed by atoms with Gasteiger partial charge in [0.05, 0.1) is 6.10 Å². The normalized spacial score (nSPS) is 39.9. The van der Waals surface area contributed by atoms with Gasteiger partial charge < -0.3 is 5.11 Å². The highest BCUT2D eigenvalue weighted by Gasteiger charge is 2.34. The van der Waals surface area contributed by atoms with Crippen LogP contribution >= 0.6 is 0 Å². The average molecular weight is 178 g/mol. The fraction of sp³-hybridized carbons (Fsp3) is 0.667. The lowest BCUT2D eigenvalue weighted by molar-refractivity contribution is 0.230. The van der Waals surface area contributed by atoms with E-state index in [1.165, 1.54) is 12.8 Å². The van der Waals surface area contributed by atoms with E-state index in [9.17, 15) is 5.11 Å². The van der Waals surface area contributed by atoms with Gasteiger partial charge in [0.2, 0.25) is 0 Å². The molecule has 0 amide bonds. The second-order valence-electron chi connectivity index (χ2n) is 4.53. The van der Waals surface area contributed by atoms with E-state index < -0.39 is 0 Å². The molecule has 2 rings (SSSR count). The molecule has 2 bridgehead atoms. The summed E-state index contributed by atoms with van der Waals surface area (Å²) in [5, 5.41) is 9.37. The number of aliphatic hydroxyl groups excluding tert-OH is 1. The van der Waals surface area contributed by atoms with Gasteiger partial charge >= 0.3 is 0 Å². The first kappa shape index (κ1) is 9.01. The molecule has 72 valence electrons. The molecule has 0 aromatic carbocycles. The molecule has 0 heterocycles. The van der Waals surface area contributed by atoms with E-state index in [4.69, 9.17) is 0 Å². The monoisotopic (exact) mass is 178 g/mol. The Morgan fingerprint density at radius 3 is 2.69 bits per heavy atom. The fourth-order valence-electron chi connectivity index (χ4n) is 2.49. The van der Waals surface area contributed by atoms with Crippen molar-refractivity contribution in [3.8, 4) is 0 Å². The molecule has 13 heavy (non-hydrogen) atoms. The van der Waals surface area contributed by atoms with E-state index in [1.807, 2.05) is 13.8 Å². The van der Waals surface area contributed by atoms with Crippen molar-refractivity contribution in [1.29, 1.82) is 0 Å². The van der Waals surface area contributed by atoms with E-state index in [0.29, 0.717) is 5.92 Å². The van der Waals surface area contributed by atoms with Gasteiger partial charge in [0.1, 0.15) is 0 Å². The molecule has 1 heteroatoms. The van der Waals surface area contributed by atoms with Crippen LogP contribution in [0.1, 0.15) is 26.7 Å². The summed E-state index contributed by atoms with van der Waals surface area (Å²) in [7, 11) is 0. The van der Waals surface area contributed by atoms with Crippen molar-refractivity contribution in [2.24, 2.45) is 17.8 Å². The number of allylic oxidation sites excluding steroid dienone is 3. The molecule has 1 nitrogen and oxygen atoms in total. The van der Waals surface area contributed by atoms with Gasteiger partial charge in [-0.3, -0.25) is 0 Å². The standard InChI is InChI=1S/C12H18O/c1-8(9(2)13)5-12-7-10-3-4-11(12)6-10/h3-5,9-13H,6-7H2,1-2H3/b8-5+. The molecule has 0 radical (unpaired) electrons. The van der Waals surface area contributed by atoms with Gasteiger partial charge in [0.15, 0.2) is 0 Å². The molecule has 1 fully saturated rings. The maximum Gasteiger partial charge on any atom is 0.0719 e. The second-order valence-corrected chi connectivity index (χ2v) is 4.53. The fourth-order valence-corrected chi connectivity index (χ4v) is 2.49. The molecule has 0 aromatic rings. The van der Waals surface area contributed by atoms with Gasteiger partial charge in [-0.15, -0.1) is 0 Å². The third kappa shape index (κ3) is 1.71. The summed E-state index contributed by atoms with van der Waals surface area (Å²) in [4.78, 5) is 0. The van der Waals surface area contributed by atoms with E-state index in [2.05, 4.69) is 18.2 Å². The number of aliphatic hydroxyl groups is 1. The smallest absolute Gasteiger partial charge is 0.0719 e. The zero-order valence-electron chi connectivity index (χ0n) is 8.40. The van der Waals surface area contributed by atoms with Crippen LogP contribution in [-0.2, 0) is 0 Å². The molecule has 0 aromatic heterocycles. The largest absolute Gasteiger partial charge is 0.389 e. The minimum absolute atomic E-state index is 0.275. The topological polar surface area (TPSA) is 20.2 Å². The third-order valence-electron chi connectivity index (χ3n) is 3.47. The lowest BCUT2D eigenvalue weighted by atomic mass is 9.91.